The molecule has 1 heterocycles. The number of ether oxygens (including phenoxy) is 1. The molecular formula is C17H20F4N4O2. The van der Waals surface area contributed by atoms with Crippen molar-refractivity contribution in [1.82, 2.24) is 9.97 Å². The van der Waals surface area contributed by atoms with Gasteiger partial charge >= 0.3 is 6.18 Å². The molecule has 1 aromatic heterocycles. The minimum absolute atomic E-state index is 0.00398. The third-order valence-corrected chi connectivity index (χ3v) is 3.76. The van der Waals surface area contributed by atoms with Gasteiger partial charge in [-0.2, -0.15) is 18.2 Å². The molecular weight excluding hydrogens is 368 g/mol. The van der Waals surface area contributed by atoms with E-state index < -0.39 is 23.7 Å². The Morgan fingerprint density at radius 2 is 1.89 bits per heavy atom. The molecule has 0 bridgehead atoms. The number of hydrogen-bond donors (Lipinski definition) is 3. The molecule has 6 nitrogen and oxygen atoms in total. The number of rotatable bonds is 7. The van der Waals surface area contributed by atoms with Gasteiger partial charge in [0.2, 0.25) is 5.95 Å². The van der Waals surface area contributed by atoms with Crippen LogP contribution in [0.2, 0.25) is 0 Å². The number of methoxy groups -OCH3 is 1. The van der Waals surface area contributed by atoms with Gasteiger partial charge in [-0.1, -0.05) is 13.8 Å². The zero-order valence-electron chi connectivity index (χ0n) is 14.9. The lowest BCUT2D eigenvalue weighted by Gasteiger charge is -2.21. The van der Waals surface area contributed by atoms with Gasteiger partial charge in [-0.05, 0) is 18.1 Å². The molecule has 1 atom stereocenters. The Hall–Kier alpha value is -2.62. The van der Waals surface area contributed by atoms with Gasteiger partial charge in [0, 0.05) is 17.8 Å². The quantitative estimate of drug-likeness (QED) is 0.626. The van der Waals surface area contributed by atoms with E-state index in [0.717, 1.165) is 12.1 Å². The summed E-state index contributed by atoms with van der Waals surface area (Å²) in [6, 6.07) is 4.04. The van der Waals surface area contributed by atoms with Crippen molar-refractivity contribution in [1.29, 1.82) is 0 Å². The van der Waals surface area contributed by atoms with E-state index in [9.17, 15) is 22.7 Å². The molecule has 0 saturated carbocycles. The molecule has 1 aromatic carbocycles. The highest BCUT2D eigenvalue weighted by Gasteiger charge is 2.34. The number of halogens is 4. The maximum absolute atomic E-state index is 13.8. The third kappa shape index (κ3) is 5.43. The topological polar surface area (TPSA) is 79.3 Å². The molecule has 0 aliphatic rings. The molecule has 3 N–H and O–H groups in total. The Morgan fingerprint density at radius 1 is 1.19 bits per heavy atom. The van der Waals surface area contributed by atoms with Crippen LogP contribution in [0.1, 0.15) is 19.5 Å². The van der Waals surface area contributed by atoms with Crippen molar-refractivity contribution >= 4 is 17.5 Å². The third-order valence-electron chi connectivity index (χ3n) is 3.76. The van der Waals surface area contributed by atoms with Gasteiger partial charge in [0.05, 0.1) is 19.8 Å². The molecule has 27 heavy (non-hydrogen) atoms. The minimum atomic E-state index is -4.70. The van der Waals surface area contributed by atoms with Crippen LogP contribution >= 0.6 is 0 Å². The smallest absolute Gasteiger partial charge is 0.433 e. The standard InChI is InChI=1S/C17H20F4N4O2/c1-9(2)12(8-26)23-16-24-14(17(19,20)21)7-15(25-16)22-10-4-5-13(27-3)11(18)6-10/h4-7,9,12,26H,8H2,1-3H3,(H2,22,23,24,25)/t12-/m1/s1. The molecule has 10 heteroatoms. The molecule has 0 amide bonds. The molecule has 2 rings (SSSR count). The van der Waals surface area contributed by atoms with E-state index in [1.165, 1.54) is 19.2 Å². The van der Waals surface area contributed by atoms with Crippen LogP contribution in [0, 0.1) is 11.7 Å². The highest BCUT2D eigenvalue weighted by Crippen LogP contribution is 2.31. The first kappa shape index (κ1) is 20.7. The number of alkyl halides is 3. The lowest BCUT2D eigenvalue weighted by molar-refractivity contribution is -0.141. The van der Waals surface area contributed by atoms with Gasteiger partial charge in [-0.25, -0.2) is 9.37 Å². The number of nitrogens with zero attached hydrogens (tertiary/aromatic N) is 2. The maximum Gasteiger partial charge on any atom is 0.433 e. The van der Waals surface area contributed by atoms with Crippen LogP contribution in [-0.4, -0.2) is 34.8 Å². The van der Waals surface area contributed by atoms with Crippen LogP contribution in [0.3, 0.4) is 0 Å². The highest BCUT2D eigenvalue weighted by atomic mass is 19.4. The fourth-order valence-corrected chi connectivity index (χ4v) is 2.20. The predicted octanol–water partition coefficient (Wildman–Crippen LogP) is 3.82. The predicted molar refractivity (Wildman–Crippen MR) is 92.6 cm³/mol. The minimum Gasteiger partial charge on any atom is -0.494 e. The van der Waals surface area contributed by atoms with E-state index in [0.29, 0.717) is 0 Å². The first-order valence-corrected chi connectivity index (χ1v) is 8.08. The number of anilines is 3. The highest BCUT2D eigenvalue weighted by molar-refractivity contribution is 5.59. The van der Waals surface area contributed by atoms with Crippen molar-refractivity contribution in [3.8, 4) is 5.75 Å². The summed E-state index contributed by atoms with van der Waals surface area (Å²) in [5.41, 5.74) is -0.981. The van der Waals surface area contributed by atoms with Gasteiger partial charge < -0.3 is 20.5 Å². The molecule has 0 unspecified atom stereocenters. The van der Waals surface area contributed by atoms with Gasteiger partial charge in [-0.15, -0.1) is 0 Å². The van der Waals surface area contributed by atoms with Crippen LogP contribution in [0.25, 0.3) is 0 Å². The van der Waals surface area contributed by atoms with E-state index in [1.807, 2.05) is 0 Å². The van der Waals surface area contributed by atoms with E-state index >= 15 is 0 Å². The summed E-state index contributed by atoms with van der Waals surface area (Å²) in [4.78, 5) is 7.46. The first-order valence-electron chi connectivity index (χ1n) is 8.08. The average Bonchev–Trinajstić information content (AvgIpc) is 2.58. The van der Waals surface area contributed by atoms with Crippen LogP contribution in [0.4, 0.5) is 35.0 Å². The van der Waals surface area contributed by atoms with E-state index in [1.54, 1.807) is 13.8 Å². The fraction of sp³-hybridized carbons (Fsp3) is 0.412. The van der Waals surface area contributed by atoms with Crippen LogP contribution in [0.5, 0.6) is 5.75 Å². The SMILES string of the molecule is COc1ccc(Nc2cc(C(F)(F)F)nc(N[C@H](CO)C(C)C)n2)cc1F. The van der Waals surface area contributed by atoms with Crippen molar-refractivity contribution in [2.45, 2.75) is 26.1 Å². The Bertz CT molecular complexity index is 784. The normalized spacial score (nSPS) is 12.8. The van der Waals surface area contributed by atoms with Gasteiger partial charge in [0.1, 0.15) is 5.82 Å². The summed E-state index contributed by atoms with van der Waals surface area (Å²) in [7, 11) is 1.30. The lowest BCUT2D eigenvalue weighted by atomic mass is 10.1. The number of aliphatic hydroxyl groups excluding tert-OH is 1. The van der Waals surface area contributed by atoms with Crippen molar-refractivity contribution in [2.24, 2.45) is 5.92 Å². The largest absolute Gasteiger partial charge is 0.494 e. The molecule has 148 valence electrons. The Morgan fingerprint density at radius 3 is 2.41 bits per heavy atom. The molecule has 0 aliphatic carbocycles. The summed E-state index contributed by atoms with van der Waals surface area (Å²) in [6.45, 7) is 3.28. The molecule has 0 saturated heterocycles. The van der Waals surface area contributed by atoms with Crippen molar-refractivity contribution in [3.63, 3.8) is 0 Å². The molecule has 0 aliphatic heterocycles. The molecule has 0 fully saturated rings. The number of aromatic nitrogens is 2. The van der Waals surface area contributed by atoms with E-state index in [2.05, 4.69) is 20.6 Å². The maximum atomic E-state index is 13.8. The lowest BCUT2D eigenvalue weighted by Crippen LogP contribution is -2.30. The second kappa shape index (κ2) is 8.38. The fourth-order valence-electron chi connectivity index (χ4n) is 2.20. The molecule has 0 spiro atoms. The average molecular weight is 388 g/mol. The van der Waals surface area contributed by atoms with E-state index in [-0.39, 0.29) is 35.7 Å². The molecule has 2 aromatic rings. The second-order valence-corrected chi connectivity index (χ2v) is 6.11. The zero-order chi connectivity index (χ0) is 20.2. The Labute approximate surface area is 153 Å². The van der Waals surface area contributed by atoms with Gasteiger partial charge in [0.15, 0.2) is 17.3 Å². The summed E-state index contributed by atoms with van der Waals surface area (Å²) in [5, 5.41) is 14.7. The number of hydrogen-bond acceptors (Lipinski definition) is 6. The Balaban J connectivity index is 2.37. The summed E-state index contributed by atoms with van der Waals surface area (Å²) in [5.74, 6) is -1.21. The second-order valence-electron chi connectivity index (χ2n) is 6.11. The summed E-state index contributed by atoms with van der Waals surface area (Å²) in [6.07, 6.45) is -4.70. The zero-order valence-corrected chi connectivity index (χ0v) is 14.9. The van der Waals surface area contributed by atoms with Gasteiger partial charge in [0.25, 0.3) is 0 Å². The monoisotopic (exact) mass is 388 g/mol. The number of nitrogens with one attached hydrogen (secondary N) is 2. The number of aliphatic hydroxyl groups is 1. The van der Waals surface area contributed by atoms with Crippen LogP contribution in [-0.2, 0) is 6.18 Å². The van der Waals surface area contributed by atoms with Crippen molar-refractivity contribution in [2.75, 3.05) is 24.4 Å². The van der Waals surface area contributed by atoms with Gasteiger partial charge in [-0.3, -0.25) is 0 Å². The van der Waals surface area contributed by atoms with Crippen molar-refractivity contribution < 1.29 is 27.4 Å². The van der Waals surface area contributed by atoms with Crippen LogP contribution in [0.15, 0.2) is 24.3 Å². The summed E-state index contributed by atoms with van der Waals surface area (Å²) >= 11 is 0. The van der Waals surface area contributed by atoms with Crippen LogP contribution < -0.4 is 15.4 Å². The number of benzene rings is 1. The van der Waals surface area contributed by atoms with Crippen molar-refractivity contribution in [3.05, 3.63) is 35.8 Å². The molecule has 0 radical (unpaired) electrons. The summed E-state index contributed by atoms with van der Waals surface area (Å²) < 4.78 is 58.1. The van der Waals surface area contributed by atoms with E-state index in [4.69, 9.17) is 4.74 Å². The first-order chi connectivity index (χ1) is 12.6. The Kier molecular flexibility index (Phi) is 6.42.